The average molecular weight is 403 g/mol. The van der Waals surface area contributed by atoms with E-state index >= 15 is 0 Å². The van der Waals surface area contributed by atoms with Gasteiger partial charge in [0.2, 0.25) is 0 Å². The number of phenolic OH excluding ortho intramolecular Hbond substituents is 1. The van der Waals surface area contributed by atoms with E-state index in [1.807, 2.05) is 6.92 Å². The number of esters is 1. The molecule has 1 aromatic rings. The Hall–Kier alpha value is -2.11. The molecule has 0 saturated heterocycles. The van der Waals surface area contributed by atoms with Crippen molar-refractivity contribution in [2.45, 2.75) is 71.3 Å². The van der Waals surface area contributed by atoms with Crippen LogP contribution in [0.2, 0.25) is 0 Å². The first-order valence-corrected chi connectivity index (χ1v) is 10.5. The van der Waals surface area contributed by atoms with Crippen molar-refractivity contribution in [2.24, 2.45) is 5.92 Å². The second-order valence-electron chi connectivity index (χ2n) is 8.13. The number of aliphatic hydroxyl groups is 2. The first-order chi connectivity index (χ1) is 13.8. The maximum Gasteiger partial charge on any atom is 0.342 e. The summed E-state index contributed by atoms with van der Waals surface area (Å²) in [6.07, 6.45) is 6.25. The minimum atomic E-state index is -1.62. The van der Waals surface area contributed by atoms with E-state index in [0.717, 1.165) is 49.7 Å². The van der Waals surface area contributed by atoms with Gasteiger partial charge in [0.25, 0.3) is 0 Å². The number of unbranched alkanes of at least 4 members (excludes halogenated alkanes) is 2. The summed E-state index contributed by atoms with van der Waals surface area (Å²) in [4.78, 5) is 12.2. The van der Waals surface area contributed by atoms with E-state index in [4.69, 9.17) is 9.84 Å². The zero-order chi connectivity index (χ0) is 21.6. The molecule has 3 N–H and O–H groups in total. The van der Waals surface area contributed by atoms with E-state index in [0.29, 0.717) is 5.56 Å². The maximum atomic E-state index is 12.2. The molecule has 5 heteroatoms. The number of phenols is 1. The van der Waals surface area contributed by atoms with Crippen LogP contribution >= 0.6 is 0 Å². The van der Waals surface area contributed by atoms with Crippen molar-refractivity contribution in [1.82, 2.24) is 0 Å². The van der Waals surface area contributed by atoms with Crippen molar-refractivity contribution < 1.29 is 24.9 Å². The Kier molecular flexibility index (Phi) is 8.47. The topological polar surface area (TPSA) is 87.0 Å². The number of hydrogen-bond acceptors (Lipinski definition) is 5. The Morgan fingerprint density at radius 2 is 2.07 bits per heavy atom. The molecule has 0 bridgehead atoms. The standard InChI is InChI=1S/C24H34O5/c1-5-6-7-8-17-12-20(26)23(22(13-17)29-24(28)21(27)14-25)19-11-16(4)9-10-18(19)15(2)3/h11-13,18-19,21,25-27H,2,5-10,14H2,1,3-4H3/t18?,19?,21-/m0/s1. The predicted molar refractivity (Wildman–Crippen MR) is 114 cm³/mol. The molecule has 29 heavy (non-hydrogen) atoms. The van der Waals surface area contributed by atoms with Crippen LogP contribution in [0.3, 0.4) is 0 Å². The molecule has 0 spiro atoms. The summed E-state index contributed by atoms with van der Waals surface area (Å²) in [6.45, 7) is 9.56. The van der Waals surface area contributed by atoms with Crippen LogP contribution in [0.25, 0.3) is 0 Å². The summed E-state index contributed by atoms with van der Waals surface area (Å²) in [6, 6.07) is 3.53. The van der Waals surface area contributed by atoms with Crippen molar-refractivity contribution in [3.8, 4) is 11.5 Å². The summed E-state index contributed by atoms with van der Waals surface area (Å²) in [5.41, 5.74) is 3.64. The van der Waals surface area contributed by atoms with Crippen LogP contribution in [0.15, 0.2) is 35.9 Å². The highest BCUT2D eigenvalue weighted by Crippen LogP contribution is 2.47. The van der Waals surface area contributed by atoms with Crippen LogP contribution in [0, 0.1) is 5.92 Å². The fourth-order valence-corrected chi connectivity index (χ4v) is 3.97. The van der Waals surface area contributed by atoms with Crippen LogP contribution in [0.1, 0.15) is 69.9 Å². The number of carbonyl (C=O) groups excluding carboxylic acids is 1. The minimum Gasteiger partial charge on any atom is -0.507 e. The molecule has 160 valence electrons. The number of aromatic hydroxyl groups is 1. The van der Waals surface area contributed by atoms with E-state index in [1.54, 1.807) is 12.1 Å². The van der Waals surface area contributed by atoms with Crippen molar-refractivity contribution in [3.05, 3.63) is 47.1 Å². The molecule has 1 aliphatic rings. The van der Waals surface area contributed by atoms with Gasteiger partial charge in [-0.05, 0) is 63.1 Å². The van der Waals surface area contributed by atoms with E-state index < -0.39 is 18.7 Å². The van der Waals surface area contributed by atoms with Crippen molar-refractivity contribution in [3.63, 3.8) is 0 Å². The van der Waals surface area contributed by atoms with Crippen molar-refractivity contribution in [1.29, 1.82) is 0 Å². The molecule has 0 heterocycles. The molecule has 0 aliphatic heterocycles. The summed E-state index contributed by atoms with van der Waals surface area (Å²) in [5, 5.41) is 29.7. The van der Waals surface area contributed by atoms with Gasteiger partial charge in [0.1, 0.15) is 11.5 Å². The lowest BCUT2D eigenvalue weighted by atomic mass is 9.73. The molecular weight excluding hydrogens is 368 g/mol. The predicted octanol–water partition coefficient (Wildman–Crippen LogP) is 4.40. The second-order valence-corrected chi connectivity index (χ2v) is 8.13. The van der Waals surface area contributed by atoms with Crippen molar-refractivity contribution >= 4 is 5.97 Å². The SMILES string of the molecule is C=C(C)C1CCC(C)=CC1c1c(O)cc(CCCCC)cc1OC(=O)[C@@H](O)CO. The van der Waals surface area contributed by atoms with Crippen LogP contribution in [-0.2, 0) is 11.2 Å². The van der Waals surface area contributed by atoms with Gasteiger partial charge in [0.15, 0.2) is 6.10 Å². The van der Waals surface area contributed by atoms with Gasteiger partial charge in [-0.25, -0.2) is 4.79 Å². The molecule has 0 amide bonds. The molecule has 1 aliphatic carbocycles. The number of rotatable bonds is 9. The summed E-state index contributed by atoms with van der Waals surface area (Å²) in [5.74, 6) is -0.642. The number of ether oxygens (including phenoxy) is 1. The van der Waals surface area contributed by atoms with E-state index in [9.17, 15) is 15.0 Å². The number of carbonyl (C=O) groups is 1. The largest absolute Gasteiger partial charge is 0.507 e. The Labute approximate surface area is 173 Å². The van der Waals surface area contributed by atoms with Crippen LogP contribution in [0.4, 0.5) is 0 Å². The fourth-order valence-electron chi connectivity index (χ4n) is 3.97. The highest BCUT2D eigenvalue weighted by molar-refractivity contribution is 5.78. The van der Waals surface area contributed by atoms with Crippen molar-refractivity contribution in [2.75, 3.05) is 6.61 Å². The van der Waals surface area contributed by atoms with E-state index in [1.165, 1.54) is 5.57 Å². The van der Waals surface area contributed by atoms with Gasteiger partial charge in [-0.1, -0.05) is 43.6 Å². The first kappa shape index (κ1) is 23.2. The lowest BCUT2D eigenvalue weighted by Gasteiger charge is -2.32. The van der Waals surface area contributed by atoms with E-state index in [2.05, 4.69) is 26.5 Å². The zero-order valence-corrected chi connectivity index (χ0v) is 17.8. The zero-order valence-electron chi connectivity index (χ0n) is 17.8. The van der Waals surface area contributed by atoms with Gasteiger partial charge in [-0.3, -0.25) is 0 Å². The van der Waals surface area contributed by atoms with Gasteiger partial charge in [0.05, 0.1) is 6.61 Å². The molecule has 3 atom stereocenters. The monoisotopic (exact) mass is 402 g/mol. The highest BCUT2D eigenvalue weighted by Gasteiger charge is 2.31. The summed E-state index contributed by atoms with van der Waals surface area (Å²) >= 11 is 0. The number of benzene rings is 1. The Balaban J connectivity index is 2.51. The van der Waals surface area contributed by atoms with E-state index in [-0.39, 0.29) is 23.3 Å². The number of allylic oxidation sites excluding steroid dienone is 3. The van der Waals surface area contributed by atoms with Gasteiger partial charge in [0, 0.05) is 11.5 Å². The third-order valence-electron chi connectivity index (χ3n) is 5.62. The number of hydrogen-bond donors (Lipinski definition) is 3. The Morgan fingerprint density at radius 3 is 2.69 bits per heavy atom. The third kappa shape index (κ3) is 5.94. The number of aryl methyl sites for hydroxylation is 1. The molecular formula is C24H34O5. The normalized spacial score (nSPS) is 20.1. The highest BCUT2D eigenvalue weighted by atomic mass is 16.6. The average Bonchev–Trinajstić information content (AvgIpc) is 2.67. The van der Waals surface area contributed by atoms with Gasteiger partial charge in [-0.15, -0.1) is 0 Å². The Bertz CT molecular complexity index is 765. The van der Waals surface area contributed by atoms with Gasteiger partial charge in [-0.2, -0.15) is 0 Å². The number of aliphatic hydroxyl groups excluding tert-OH is 2. The summed E-state index contributed by atoms with van der Waals surface area (Å²) < 4.78 is 5.47. The maximum absolute atomic E-state index is 12.2. The molecule has 2 rings (SSSR count). The Morgan fingerprint density at radius 1 is 1.34 bits per heavy atom. The lowest BCUT2D eigenvalue weighted by Crippen LogP contribution is -2.29. The van der Waals surface area contributed by atoms with Crippen LogP contribution in [0.5, 0.6) is 11.5 Å². The lowest BCUT2D eigenvalue weighted by molar-refractivity contribution is -0.145. The minimum absolute atomic E-state index is 0.0856. The molecule has 0 saturated carbocycles. The van der Waals surface area contributed by atoms with Crippen LogP contribution < -0.4 is 4.74 Å². The smallest absolute Gasteiger partial charge is 0.342 e. The van der Waals surface area contributed by atoms with Crippen LogP contribution in [-0.4, -0.2) is 34.0 Å². The fraction of sp³-hybridized carbons (Fsp3) is 0.542. The third-order valence-corrected chi connectivity index (χ3v) is 5.62. The molecule has 5 nitrogen and oxygen atoms in total. The van der Waals surface area contributed by atoms with Gasteiger partial charge < -0.3 is 20.1 Å². The second kappa shape index (κ2) is 10.6. The quantitative estimate of drug-likeness (QED) is 0.247. The molecule has 1 aromatic carbocycles. The first-order valence-electron chi connectivity index (χ1n) is 10.5. The van der Waals surface area contributed by atoms with Gasteiger partial charge >= 0.3 is 5.97 Å². The molecule has 0 aromatic heterocycles. The molecule has 0 fully saturated rings. The summed E-state index contributed by atoms with van der Waals surface area (Å²) in [7, 11) is 0. The molecule has 0 radical (unpaired) electrons. The molecule has 2 unspecified atom stereocenters.